The van der Waals surface area contributed by atoms with Gasteiger partial charge < -0.3 is 4.90 Å². The summed E-state index contributed by atoms with van der Waals surface area (Å²) in [5.74, 6) is 0. The first-order valence-electron chi connectivity index (χ1n) is 12.3. The predicted octanol–water partition coefficient (Wildman–Crippen LogP) is 6.83. The Morgan fingerprint density at radius 3 is 1.77 bits per heavy atom. The van der Waals surface area contributed by atoms with Gasteiger partial charge in [-0.05, 0) is 64.3 Å². The Balaban J connectivity index is 1.77. The second-order valence-electron chi connectivity index (χ2n) is 8.50. The zero-order chi connectivity index (χ0) is 24.5. The molecule has 1 nitrogen and oxygen atoms in total. The minimum absolute atomic E-state index is 1.01. The molecule has 0 bridgehead atoms. The van der Waals surface area contributed by atoms with Crippen molar-refractivity contribution < 1.29 is 0 Å². The second kappa shape index (κ2) is 11.9. The number of nitrogens with zero attached hydrogens (tertiary/aromatic N) is 1. The molecule has 0 unspecified atom stereocenters. The third-order valence-corrected chi connectivity index (χ3v) is 6.27. The summed E-state index contributed by atoms with van der Waals surface area (Å²) in [4.78, 5) is 2.37. The smallest absolute Gasteiger partial charge is 0.0366 e. The molecule has 0 amide bonds. The molecule has 0 N–H and O–H groups in total. The molecule has 0 atom stereocenters. The summed E-state index contributed by atoms with van der Waals surface area (Å²) < 4.78 is 0. The van der Waals surface area contributed by atoms with E-state index in [2.05, 4.69) is 153 Å². The molecule has 0 aliphatic rings. The molecule has 0 radical (unpaired) electrons. The molecule has 0 spiro atoms. The van der Waals surface area contributed by atoms with Crippen LogP contribution in [0, 0.1) is 0 Å². The van der Waals surface area contributed by atoms with Gasteiger partial charge in [0, 0.05) is 18.8 Å². The summed E-state index contributed by atoms with van der Waals surface area (Å²) >= 11 is 0. The van der Waals surface area contributed by atoms with Crippen molar-refractivity contribution in [3.8, 4) is 0 Å². The van der Waals surface area contributed by atoms with Crippen molar-refractivity contribution in [3.63, 3.8) is 0 Å². The van der Waals surface area contributed by atoms with Crippen LogP contribution in [0.25, 0.3) is 17.7 Å². The quantitative estimate of drug-likeness (QED) is 0.263. The van der Waals surface area contributed by atoms with Gasteiger partial charge in [0.05, 0.1) is 0 Å². The Labute approximate surface area is 209 Å². The van der Waals surface area contributed by atoms with Crippen molar-refractivity contribution in [2.24, 2.45) is 0 Å². The zero-order valence-electron chi connectivity index (χ0n) is 20.7. The van der Waals surface area contributed by atoms with E-state index in [-0.39, 0.29) is 0 Å². The van der Waals surface area contributed by atoms with Gasteiger partial charge in [0.15, 0.2) is 0 Å². The van der Waals surface area contributed by atoms with Gasteiger partial charge >= 0.3 is 0 Å². The van der Waals surface area contributed by atoms with Crippen molar-refractivity contribution >= 4 is 23.4 Å². The molecule has 4 aromatic rings. The highest BCUT2D eigenvalue weighted by Crippen LogP contribution is 2.26. The maximum Gasteiger partial charge on any atom is 0.0366 e. The molecule has 35 heavy (non-hydrogen) atoms. The lowest BCUT2D eigenvalue weighted by atomic mass is 9.96. The average Bonchev–Trinajstić information content (AvgIpc) is 2.92. The van der Waals surface area contributed by atoms with Crippen molar-refractivity contribution in [2.45, 2.75) is 13.8 Å². The summed E-state index contributed by atoms with van der Waals surface area (Å²) in [6.07, 6.45) is 6.60. The van der Waals surface area contributed by atoms with E-state index in [1.165, 1.54) is 38.7 Å². The molecule has 0 aliphatic carbocycles. The Morgan fingerprint density at radius 2 is 1.20 bits per heavy atom. The van der Waals surface area contributed by atoms with Gasteiger partial charge in [-0.15, -0.1) is 0 Å². The minimum Gasteiger partial charge on any atom is -0.372 e. The van der Waals surface area contributed by atoms with Crippen LogP contribution >= 0.6 is 0 Å². The van der Waals surface area contributed by atoms with Gasteiger partial charge in [0.25, 0.3) is 0 Å². The van der Waals surface area contributed by atoms with Crippen LogP contribution in [0.2, 0.25) is 0 Å². The van der Waals surface area contributed by atoms with Crippen molar-refractivity contribution in [1.29, 1.82) is 0 Å². The third-order valence-electron chi connectivity index (χ3n) is 6.27. The molecule has 174 valence electrons. The van der Waals surface area contributed by atoms with Gasteiger partial charge in [0.1, 0.15) is 0 Å². The van der Waals surface area contributed by atoms with E-state index >= 15 is 0 Å². The van der Waals surface area contributed by atoms with Crippen LogP contribution in [-0.2, 0) is 0 Å². The van der Waals surface area contributed by atoms with Gasteiger partial charge in [0.2, 0.25) is 0 Å². The molecule has 0 fully saturated rings. The molecule has 0 aromatic heterocycles. The Morgan fingerprint density at radius 1 is 0.657 bits per heavy atom. The summed E-state index contributed by atoms with van der Waals surface area (Å²) in [5.41, 5.74) is 7.25. The zero-order valence-corrected chi connectivity index (χ0v) is 20.7. The Hall–Kier alpha value is -4.10. The molecule has 1 heteroatoms. The van der Waals surface area contributed by atoms with Gasteiger partial charge in [-0.1, -0.05) is 122 Å². The topological polar surface area (TPSA) is 3.24 Å². The summed E-state index contributed by atoms with van der Waals surface area (Å²) in [6.45, 7) is 10.4. The lowest BCUT2D eigenvalue weighted by Crippen LogP contribution is -2.21. The molecule has 0 saturated carbocycles. The fourth-order valence-corrected chi connectivity index (χ4v) is 4.32. The number of hydrogen-bond acceptors (Lipinski definition) is 1. The van der Waals surface area contributed by atoms with Crippen LogP contribution in [-0.4, -0.2) is 13.1 Å². The van der Waals surface area contributed by atoms with Crippen LogP contribution in [0.15, 0.2) is 127 Å². The first-order chi connectivity index (χ1) is 17.2. The first-order valence-corrected chi connectivity index (χ1v) is 12.3. The van der Waals surface area contributed by atoms with Crippen molar-refractivity contribution in [3.05, 3.63) is 155 Å². The SMILES string of the molecule is C=c1ccc(=C(/C=C/C=C(\c2ccccc2)c2ccc(N(CC)CC)cc2)c2ccccc2)cc1. The van der Waals surface area contributed by atoms with Crippen LogP contribution in [0.3, 0.4) is 0 Å². The number of hydrogen-bond donors (Lipinski definition) is 0. The molecule has 4 aromatic carbocycles. The van der Waals surface area contributed by atoms with Crippen molar-refractivity contribution in [1.82, 2.24) is 0 Å². The maximum absolute atomic E-state index is 4.03. The number of anilines is 1. The molecule has 4 rings (SSSR count). The van der Waals surface area contributed by atoms with Crippen molar-refractivity contribution in [2.75, 3.05) is 18.0 Å². The van der Waals surface area contributed by atoms with E-state index in [0.717, 1.165) is 18.3 Å². The Bertz CT molecular complexity index is 1370. The molecule has 0 heterocycles. The molecule has 0 saturated heterocycles. The maximum atomic E-state index is 4.03. The minimum atomic E-state index is 1.01. The largest absolute Gasteiger partial charge is 0.372 e. The van der Waals surface area contributed by atoms with E-state index in [0.29, 0.717) is 0 Å². The summed E-state index contributed by atoms with van der Waals surface area (Å²) in [5, 5.41) is 2.20. The van der Waals surface area contributed by atoms with Gasteiger partial charge in [-0.2, -0.15) is 0 Å². The highest BCUT2D eigenvalue weighted by Gasteiger charge is 2.07. The third kappa shape index (κ3) is 6.07. The molecular weight excluding hydrogens is 422 g/mol. The van der Waals surface area contributed by atoms with E-state index < -0.39 is 0 Å². The fourth-order valence-electron chi connectivity index (χ4n) is 4.32. The number of benzene rings is 4. The highest BCUT2D eigenvalue weighted by molar-refractivity contribution is 5.82. The normalized spacial score (nSPS) is 11.5. The van der Waals surface area contributed by atoms with E-state index in [9.17, 15) is 0 Å². The van der Waals surface area contributed by atoms with E-state index in [4.69, 9.17) is 0 Å². The predicted molar refractivity (Wildman–Crippen MR) is 153 cm³/mol. The lowest BCUT2D eigenvalue weighted by Gasteiger charge is -2.21. The standard InChI is InChI=1S/C34H33N/c1-4-35(5-2)32-25-23-31(24-26-32)34(29-15-10-7-11-16-29)18-12-17-33(28-13-8-6-9-14-28)30-21-19-27(3)20-22-30/h6-26H,3-5H2,1-2H3/b17-12+,34-18+. The molecule has 0 aliphatic heterocycles. The monoisotopic (exact) mass is 455 g/mol. The first kappa shape index (κ1) is 24.0. The lowest BCUT2D eigenvalue weighted by molar-refractivity contribution is 0.866. The fraction of sp³-hybridized carbons (Fsp3) is 0.118. The van der Waals surface area contributed by atoms with Gasteiger partial charge in [-0.25, -0.2) is 0 Å². The van der Waals surface area contributed by atoms with E-state index in [1.807, 2.05) is 0 Å². The average molecular weight is 456 g/mol. The van der Waals surface area contributed by atoms with Crippen LogP contribution < -0.4 is 15.3 Å². The number of rotatable bonds is 8. The van der Waals surface area contributed by atoms with Crippen LogP contribution in [0.5, 0.6) is 0 Å². The number of allylic oxidation sites excluding steroid dienone is 3. The van der Waals surface area contributed by atoms with Crippen LogP contribution in [0.1, 0.15) is 30.5 Å². The summed E-state index contributed by atoms with van der Waals surface area (Å²) in [6, 6.07) is 38.5. The highest BCUT2D eigenvalue weighted by atomic mass is 15.1. The summed E-state index contributed by atoms with van der Waals surface area (Å²) in [7, 11) is 0. The Kier molecular flexibility index (Phi) is 8.14. The second-order valence-corrected chi connectivity index (χ2v) is 8.50. The molecular formula is C34H33N. The van der Waals surface area contributed by atoms with E-state index in [1.54, 1.807) is 0 Å². The van der Waals surface area contributed by atoms with Gasteiger partial charge in [-0.3, -0.25) is 0 Å². The van der Waals surface area contributed by atoms with Crippen LogP contribution in [0.4, 0.5) is 5.69 Å².